The van der Waals surface area contributed by atoms with Gasteiger partial charge in [0, 0.05) is 6.20 Å². The van der Waals surface area contributed by atoms with Crippen LogP contribution in [0.4, 0.5) is 0 Å². The van der Waals surface area contributed by atoms with Gasteiger partial charge in [0.05, 0.1) is 11.2 Å². The molecule has 0 bridgehead atoms. The van der Waals surface area contributed by atoms with Gasteiger partial charge in [-0.15, -0.1) is 0 Å². The van der Waals surface area contributed by atoms with E-state index in [2.05, 4.69) is 5.10 Å². The molecule has 1 aromatic rings. The molecule has 0 saturated heterocycles. The van der Waals surface area contributed by atoms with Crippen LogP contribution >= 0.6 is 11.6 Å². The zero-order chi connectivity index (χ0) is 11.6. The van der Waals surface area contributed by atoms with Gasteiger partial charge in [0.25, 0.3) is 0 Å². The van der Waals surface area contributed by atoms with Crippen LogP contribution < -0.4 is 0 Å². The molecular formula is C10H15ClN2O2. The number of rotatable bonds is 2. The van der Waals surface area contributed by atoms with E-state index in [0.717, 1.165) is 0 Å². The van der Waals surface area contributed by atoms with Crippen LogP contribution in [0, 0.1) is 0 Å². The van der Waals surface area contributed by atoms with Crippen LogP contribution in [0.25, 0.3) is 0 Å². The van der Waals surface area contributed by atoms with Gasteiger partial charge in [0.1, 0.15) is 11.6 Å². The van der Waals surface area contributed by atoms with E-state index >= 15 is 0 Å². The van der Waals surface area contributed by atoms with Crippen molar-refractivity contribution in [2.75, 3.05) is 0 Å². The van der Waals surface area contributed by atoms with Crippen LogP contribution in [0.5, 0.6) is 0 Å². The summed E-state index contributed by atoms with van der Waals surface area (Å²) in [5.41, 5.74) is -0.484. The Balaban J connectivity index is 2.69. The van der Waals surface area contributed by atoms with Crippen molar-refractivity contribution >= 4 is 17.6 Å². The number of aromatic nitrogens is 2. The van der Waals surface area contributed by atoms with Crippen molar-refractivity contribution in [1.82, 2.24) is 9.78 Å². The highest BCUT2D eigenvalue weighted by molar-refractivity contribution is 6.30. The Morgan fingerprint density at radius 3 is 2.60 bits per heavy atom. The molecule has 1 unspecified atom stereocenters. The summed E-state index contributed by atoms with van der Waals surface area (Å²) in [5, 5.41) is 4.46. The number of hydrogen-bond donors (Lipinski definition) is 0. The molecule has 1 aromatic heterocycles. The summed E-state index contributed by atoms with van der Waals surface area (Å²) in [5.74, 6) is -0.317. The lowest BCUT2D eigenvalue weighted by Crippen LogP contribution is -2.29. The summed E-state index contributed by atoms with van der Waals surface area (Å²) in [4.78, 5) is 11.6. The normalized spacial score (nSPS) is 13.7. The second-order valence-corrected chi connectivity index (χ2v) is 4.78. The topological polar surface area (TPSA) is 44.1 Å². The van der Waals surface area contributed by atoms with Crippen molar-refractivity contribution < 1.29 is 9.53 Å². The second kappa shape index (κ2) is 4.23. The summed E-state index contributed by atoms with van der Waals surface area (Å²) in [6, 6.07) is -0.461. The maximum atomic E-state index is 11.6. The quantitative estimate of drug-likeness (QED) is 0.733. The molecule has 0 aliphatic heterocycles. The van der Waals surface area contributed by atoms with Crippen LogP contribution in [0.2, 0.25) is 5.02 Å². The van der Waals surface area contributed by atoms with Gasteiger partial charge in [-0.1, -0.05) is 11.6 Å². The van der Waals surface area contributed by atoms with Gasteiger partial charge >= 0.3 is 5.97 Å². The molecule has 1 atom stereocenters. The molecule has 15 heavy (non-hydrogen) atoms. The monoisotopic (exact) mass is 230 g/mol. The molecule has 0 aliphatic carbocycles. The molecule has 84 valence electrons. The van der Waals surface area contributed by atoms with Gasteiger partial charge in [0.15, 0.2) is 0 Å². The van der Waals surface area contributed by atoms with Crippen molar-refractivity contribution in [2.24, 2.45) is 0 Å². The molecule has 1 heterocycles. The smallest absolute Gasteiger partial charge is 0.331 e. The Bertz CT molecular complexity index is 355. The summed E-state index contributed by atoms with van der Waals surface area (Å²) in [6.07, 6.45) is 3.08. The summed E-state index contributed by atoms with van der Waals surface area (Å²) in [7, 11) is 0. The summed E-state index contributed by atoms with van der Waals surface area (Å²) in [6.45, 7) is 7.20. The van der Waals surface area contributed by atoms with Gasteiger partial charge < -0.3 is 4.74 Å². The predicted molar refractivity (Wildman–Crippen MR) is 57.8 cm³/mol. The maximum Gasteiger partial charge on any atom is 0.331 e. The van der Waals surface area contributed by atoms with Crippen LogP contribution in [0.1, 0.15) is 33.7 Å². The highest BCUT2D eigenvalue weighted by atomic mass is 35.5. The lowest BCUT2D eigenvalue weighted by Gasteiger charge is -2.22. The highest BCUT2D eigenvalue weighted by Crippen LogP contribution is 2.16. The molecule has 0 fully saturated rings. The van der Waals surface area contributed by atoms with Gasteiger partial charge in [-0.25, -0.2) is 4.79 Å². The van der Waals surface area contributed by atoms with E-state index in [1.165, 1.54) is 10.9 Å². The van der Waals surface area contributed by atoms with Crippen molar-refractivity contribution in [3.8, 4) is 0 Å². The fourth-order valence-corrected chi connectivity index (χ4v) is 1.17. The zero-order valence-corrected chi connectivity index (χ0v) is 10.1. The Kier molecular flexibility index (Phi) is 3.39. The fourth-order valence-electron chi connectivity index (χ4n) is 1.02. The molecule has 0 spiro atoms. The van der Waals surface area contributed by atoms with Crippen molar-refractivity contribution in [2.45, 2.75) is 39.3 Å². The molecule has 0 aliphatic rings. The van der Waals surface area contributed by atoms with E-state index in [1.807, 2.05) is 20.8 Å². The number of carbonyl (C=O) groups is 1. The first kappa shape index (κ1) is 12.0. The molecule has 0 amide bonds. The van der Waals surface area contributed by atoms with Crippen molar-refractivity contribution in [1.29, 1.82) is 0 Å². The molecule has 1 rings (SSSR count). The maximum absolute atomic E-state index is 11.6. The average molecular weight is 231 g/mol. The minimum Gasteiger partial charge on any atom is -0.458 e. The Morgan fingerprint density at radius 2 is 2.20 bits per heavy atom. The van der Waals surface area contributed by atoms with Gasteiger partial charge in [-0.3, -0.25) is 4.68 Å². The lowest BCUT2D eigenvalue weighted by atomic mass is 10.2. The minimum atomic E-state index is -0.484. The van der Waals surface area contributed by atoms with E-state index in [1.54, 1.807) is 13.1 Å². The Labute approximate surface area is 94.2 Å². The Morgan fingerprint density at radius 1 is 1.60 bits per heavy atom. The number of halogens is 1. The van der Waals surface area contributed by atoms with E-state index < -0.39 is 11.6 Å². The molecular weight excluding hydrogens is 216 g/mol. The predicted octanol–water partition coefficient (Wildman–Crippen LogP) is 2.44. The second-order valence-electron chi connectivity index (χ2n) is 4.35. The third-order valence-corrected chi connectivity index (χ3v) is 1.91. The molecule has 0 saturated carbocycles. The van der Waals surface area contributed by atoms with E-state index in [-0.39, 0.29) is 5.97 Å². The van der Waals surface area contributed by atoms with Crippen LogP contribution in [-0.2, 0) is 9.53 Å². The third kappa shape index (κ3) is 3.55. The first-order chi connectivity index (χ1) is 6.79. The van der Waals surface area contributed by atoms with Crippen LogP contribution in [0.3, 0.4) is 0 Å². The molecule has 0 radical (unpaired) electrons. The number of ether oxygens (including phenoxy) is 1. The standard InChI is InChI=1S/C10H15ClN2O2/c1-7(9(14)15-10(2,3)4)13-6-8(11)5-12-13/h5-7H,1-4H3. The van der Waals surface area contributed by atoms with Gasteiger partial charge in [-0.2, -0.15) is 5.10 Å². The minimum absolute atomic E-state index is 0.317. The Hall–Kier alpha value is -1.03. The SMILES string of the molecule is CC(C(=O)OC(C)(C)C)n1cc(Cl)cn1. The molecule has 5 heteroatoms. The molecule has 0 aromatic carbocycles. The summed E-state index contributed by atoms with van der Waals surface area (Å²) < 4.78 is 6.70. The van der Waals surface area contributed by atoms with Crippen LogP contribution in [0.15, 0.2) is 12.4 Å². The number of carbonyl (C=O) groups excluding carboxylic acids is 1. The number of nitrogens with zero attached hydrogens (tertiary/aromatic N) is 2. The van der Waals surface area contributed by atoms with Crippen LogP contribution in [-0.4, -0.2) is 21.4 Å². The van der Waals surface area contributed by atoms with Crippen molar-refractivity contribution in [3.63, 3.8) is 0 Å². The first-order valence-corrected chi connectivity index (χ1v) is 5.10. The zero-order valence-electron chi connectivity index (χ0n) is 9.32. The van der Waals surface area contributed by atoms with E-state index in [0.29, 0.717) is 5.02 Å². The molecule has 0 N–H and O–H groups in total. The van der Waals surface area contributed by atoms with Gasteiger partial charge in [0.2, 0.25) is 0 Å². The fraction of sp³-hybridized carbons (Fsp3) is 0.600. The largest absolute Gasteiger partial charge is 0.458 e. The summed E-state index contributed by atoms with van der Waals surface area (Å²) >= 11 is 5.71. The van der Waals surface area contributed by atoms with E-state index in [9.17, 15) is 4.79 Å². The first-order valence-electron chi connectivity index (χ1n) is 4.72. The molecule has 4 nitrogen and oxygen atoms in total. The number of esters is 1. The van der Waals surface area contributed by atoms with Crippen molar-refractivity contribution in [3.05, 3.63) is 17.4 Å². The average Bonchev–Trinajstić information content (AvgIpc) is 2.47. The lowest BCUT2D eigenvalue weighted by molar-refractivity contribution is -0.158. The highest BCUT2D eigenvalue weighted by Gasteiger charge is 2.23. The third-order valence-electron chi connectivity index (χ3n) is 1.71. The number of hydrogen-bond acceptors (Lipinski definition) is 3. The van der Waals surface area contributed by atoms with E-state index in [4.69, 9.17) is 16.3 Å². The van der Waals surface area contributed by atoms with Gasteiger partial charge in [-0.05, 0) is 27.7 Å².